The monoisotopic (exact) mass is 223 g/mol. The number of esters is 1. The highest BCUT2D eigenvalue weighted by atomic mass is 19.1. The molecule has 2 rings (SSSR count). The third-order valence-electron chi connectivity index (χ3n) is 2.74. The molecule has 16 heavy (non-hydrogen) atoms. The van der Waals surface area contributed by atoms with Gasteiger partial charge in [0.05, 0.1) is 18.2 Å². The van der Waals surface area contributed by atoms with E-state index in [1.165, 1.54) is 6.07 Å². The van der Waals surface area contributed by atoms with Gasteiger partial charge in [0, 0.05) is 12.1 Å². The maximum atomic E-state index is 13.5. The molecule has 0 amide bonds. The third kappa shape index (κ3) is 2.05. The summed E-state index contributed by atoms with van der Waals surface area (Å²) in [5.74, 6) is -0.865. The van der Waals surface area contributed by atoms with E-state index in [1.54, 1.807) is 20.0 Å². The Hall–Kier alpha value is -1.45. The van der Waals surface area contributed by atoms with Crippen LogP contribution in [-0.2, 0) is 9.53 Å². The minimum atomic E-state index is -0.322. The lowest BCUT2D eigenvalue weighted by molar-refractivity contribution is -0.144. The van der Waals surface area contributed by atoms with Crippen LogP contribution < -0.4 is 0 Å². The first-order valence-electron chi connectivity index (χ1n) is 5.42. The van der Waals surface area contributed by atoms with Crippen LogP contribution in [0.4, 0.5) is 4.39 Å². The molecule has 1 aromatic rings. The second-order valence-corrected chi connectivity index (χ2v) is 4.08. The van der Waals surface area contributed by atoms with Crippen LogP contribution >= 0.6 is 0 Å². The molecule has 1 aromatic heterocycles. The molecule has 1 aliphatic rings. The molecule has 0 radical (unpaired) electrons. The van der Waals surface area contributed by atoms with Crippen LogP contribution in [0.1, 0.15) is 30.5 Å². The van der Waals surface area contributed by atoms with Gasteiger partial charge in [0.2, 0.25) is 0 Å². The van der Waals surface area contributed by atoms with Gasteiger partial charge >= 0.3 is 5.97 Å². The van der Waals surface area contributed by atoms with Crippen molar-refractivity contribution in [1.82, 2.24) is 4.98 Å². The Morgan fingerprint density at radius 3 is 3.06 bits per heavy atom. The van der Waals surface area contributed by atoms with Gasteiger partial charge in [-0.1, -0.05) is 0 Å². The van der Waals surface area contributed by atoms with E-state index in [2.05, 4.69) is 4.98 Å². The molecule has 0 unspecified atom stereocenters. The highest BCUT2D eigenvalue weighted by Crippen LogP contribution is 2.48. The summed E-state index contributed by atoms with van der Waals surface area (Å²) < 4.78 is 18.4. The van der Waals surface area contributed by atoms with E-state index in [4.69, 9.17) is 4.74 Å². The van der Waals surface area contributed by atoms with Crippen molar-refractivity contribution < 1.29 is 13.9 Å². The fraction of sp³-hybridized carbons (Fsp3) is 0.500. The maximum Gasteiger partial charge on any atom is 0.309 e. The average molecular weight is 223 g/mol. The number of carbonyl (C=O) groups is 1. The van der Waals surface area contributed by atoms with Crippen molar-refractivity contribution in [2.75, 3.05) is 6.61 Å². The summed E-state index contributed by atoms with van der Waals surface area (Å²) in [7, 11) is 0. The highest BCUT2D eigenvalue weighted by Gasteiger charge is 2.47. The molecule has 2 atom stereocenters. The molecule has 0 bridgehead atoms. The van der Waals surface area contributed by atoms with E-state index in [9.17, 15) is 9.18 Å². The first-order valence-corrected chi connectivity index (χ1v) is 5.42. The van der Waals surface area contributed by atoms with Crippen molar-refractivity contribution in [3.8, 4) is 0 Å². The molecule has 0 spiro atoms. The molecular formula is C12H14FNO2. The number of aromatic nitrogens is 1. The number of nitrogens with zero attached hydrogens (tertiary/aromatic N) is 1. The van der Waals surface area contributed by atoms with Crippen molar-refractivity contribution >= 4 is 5.97 Å². The topological polar surface area (TPSA) is 39.2 Å². The van der Waals surface area contributed by atoms with Crippen LogP contribution in [0.5, 0.6) is 0 Å². The summed E-state index contributed by atoms with van der Waals surface area (Å²) in [4.78, 5) is 15.4. The number of pyridine rings is 1. The van der Waals surface area contributed by atoms with Crippen molar-refractivity contribution in [3.05, 3.63) is 29.3 Å². The van der Waals surface area contributed by atoms with E-state index in [0.29, 0.717) is 18.7 Å². The summed E-state index contributed by atoms with van der Waals surface area (Å²) in [5.41, 5.74) is 1.18. The fourth-order valence-electron chi connectivity index (χ4n) is 1.82. The largest absolute Gasteiger partial charge is 0.466 e. The first kappa shape index (κ1) is 11.0. The third-order valence-corrected chi connectivity index (χ3v) is 2.74. The fourth-order valence-corrected chi connectivity index (χ4v) is 1.82. The Bertz CT molecular complexity index is 419. The van der Waals surface area contributed by atoms with Gasteiger partial charge in [0.1, 0.15) is 5.82 Å². The van der Waals surface area contributed by atoms with E-state index in [-0.39, 0.29) is 23.6 Å². The molecule has 0 aliphatic heterocycles. The average Bonchev–Trinajstić information content (AvgIpc) is 2.98. The van der Waals surface area contributed by atoms with Gasteiger partial charge in [0.25, 0.3) is 0 Å². The number of aryl methyl sites for hydroxylation is 1. The van der Waals surface area contributed by atoms with Crippen LogP contribution in [0.3, 0.4) is 0 Å². The second kappa shape index (κ2) is 4.20. The lowest BCUT2D eigenvalue weighted by Gasteiger charge is -2.02. The molecule has 3 nitrogen and oxygen atoms in total. The Kier molecular flexibility index (Phi) is 2.90. The Morgan fingerprint density at radius 1 is 1.69 bits per heavy atom. The number of carbonyl (C=O) groups excluding carboxylic acids is 1. The molecule has 1 heterocycles. The lowest BCUT2D eigenvalue weighted by atomic mass is 10.2. The van der Waals surface area contributed by atoms with Gasteiger partial charge in [0.15, 0.2) is 0 Å². The van der Waals surface area contributed by atoms with Crippen LogP contribution in [0.25, 0.3) is 0 Å². The molecule has 1 fully saturated rings. The minimum Gasteiger partial charge on any atom is -0.466 e. The zero-order chi connectivity index (χ0) is 11.7. The quantitative estimate of drug-likeness (QED) is 0.737. The van der Waals surface area contributed by atoms with Crippen molar-refractivity contribution in [1.29, 1.82) is 0 Å². The summed E-state index contributed by atoms with van der Waals surface area (Å²) in [6, 6.07) is 1.45. The van der Waals surface area contributed by atoms with Crippen molar-refractivity contribution in [3.63, 3.8) is 0 Å². The smallest absolute Gasteiger partial charge is 0.309 e. The predicted molar refractivity (Wildman–Crippen MR) is 56.4 cm³/mol. The number of ether oxygens (including phenoxy) is 1. The number of halogens is 1. The minimum absolute atomic E-state index is 0.0975. The van der Waals surface area contributed by atoms with E-state index >= 15 is 0 Å². The summed E-state index contributed by atoms with van der Waals surface area (Å²) >= 11 is 0. The van der Waals surface area contributed by atoms with Gasteiger partial charge in [-0.05, 0) is 31.9 Å². The molecule has 0 N–H and O–H groups in total. The summed E-state index contributed by atoms with van der Waals surface area (Å²) in [6.07, 6.45) is 2.27. The zero-order valence-electron chi connectivity index (χ0n) is 9.37. The van der Waals surface area contributed by atoms with E-state index in [0.717, 1.165) is 5.56 Å². The lowest BCUT2D eigenvalue weighted by Crippen LogP contribution is -2.08. The van der Waals surface area contributed by atoms with Gasteiger partial charge < -0.3 is 4.74 Å². The normalized spacial score (nSPS) is 22.9. The Morgan fingerprint density at radius 2 is 2.44 bits per heavy atom. The highest BCUT2D eigenvalue weighted by molar-refractivity contribution is 5.77. The molecule has 1 saturated carbocycles. The number of hydrogen-bond donors (Lipinski definition) is 0. The number of rotatable bonds is 3. The van der Waals surface area contributed by atoms with Gasteiger partial charge in [-0.25, -0.2) is 4.39 Å². The summed E-state index contributed by atoms with van der Waals surface area (Å²) in [5, 5.41) is 0. The summed E-state index contributed by atoms with van der Waals surface area (Å²) in [6.45, 7) is 3.92. The second-order valence-electron chi connectivity index (χ2n) is 4.08. The standard InChI is InChI=1S/C12H14FNO2/c1-3-16-12(15)9-5-8(9)11-10(13)4-7(2)6-14-11/h4,6,8-9H,3,5H2,1-2H3/t8-,9-/m0/s1. The van der Waals surface area contributed by atoms with Crippen molar-refractivity contribution in [2.24, 2.45) is 5.92 Å². The Balaban J connectivity index is 2.08. The first-order chi connectivity index (χ1) is 7.63. The van der Waals surface area contributed by atoms with Gasteiger partial charge in [-0.15, -0.1) is 0 Å². The SMILES string of the molecule is CCOC(=O)[C@H]1C[C@@H]1c1ncc(C)cc1F. The predicted octanol–water partition coefficient (Wildman–Crippen LogP) is 2.20. The zero-order valence-corrected chi connectivity index (χ0v) is 9.37. The number of hydrogen-bond acceptors (Lipinski definition) is 3. The molecular weight excluding hydrogens is 209 g/mol. The van der Waals surface area contributed by atoms with E-state index in [1.807, 2.05) is 0 Å². The molecule has 0 aromatic carbocycles. The van der Waals surface area contributed by atoms with Crippen LogP contribution in [0.15, 0.2) is 12.3 Å². The van der Waals surface area contributed by atoms with Crippen LogP contribution in [0, 0.1) is 18.7 Å². The van der Waals surface area contributed by atoms with E-state index < -0.39 is 0 Å². The van der Waals surface area contributed by atoms with Gasteiger partial charge in [-0.3, -0.25) is 9.78 Å². The molecule has 1 aliphatic carbocycles. The molecule has 4 heteroatoms. The maximum absolute atomic E-state index is 13.5. The van der Waals surface area contributed by atoms with Crippen LogP contribution in [-0.4, -0.2) is 17.6 Å². The molecule has 0 saturated heterocycles. The van der Waals surface area contributed by atoms with Gasteiger partial charge in [-0.2, -0.15) is 0 Å². The molecule has 86 valence electrons. The van der Waals surface area contributed by atoms with Crippen molar-refractivity contribution in [2.45, 2.75) is 26.2 Å². The Labute approximate surface area is 93.6 Å². The van der Waals surface area contributed by atoms with Crippen LogP contribution in [0.2, 0.25) is 0 Å².